The Balaban J connectivity index is 3.29. The van der Waals surface area contributed by atoms with Crippen molar-refractivity contribution in [3.63, 3.8) is 0 Å². The molecule has 16 heavy (non-hydrogen) atoms. The molecule has 0 saturated carbocycles. The zero-order chi connectivity index (χ0) is 12.3. The number of nitrogens with zero attached hydrogens (tertiary/aromatic N) is 1. The van der Waals surface area contributed by atoms with E-state index in [9.17, 15) is 13.6 Å². The summed E-state index contributed by atoms with van der Waals surface area (Å²) in [5.41, 5.74) is 0.0314. The second-order valence-corrected chi connectivity index (χ2v) is 3.20. The third kappa shape index (κ3) is 2.65. The predicted octanol–water partition coefficient (Wildman–Crippen LogP) is 1.96. The van der Waals surface area contributed by atoms with Crippen LogP contribution in [0.5, 0.6) is 5.75 Å². The van der Waals surface area contributed by atoms with Gasteiger partial charge in [0, 0.05) is 5.69 Å². The fourth-order valence-electron chi connectivity index (χ4n) is 1.41. The quantitative estimate of drug-likeness (QED) is 0.860. The number of aryl methyl sites for hydroxylation is 1. The Morgan fingerprint density at radius 1 is 1.62 bits per heavy atom. The maximum Gasteiger partial charge on any atom is 0.309 e. The molecule has 1 aromatic rings. The van der Waals surface area contributed by atoms with Crippen LogP contribution in [0.1, 0.15) is 23.4 Å². The van der Waals surface area contributed by atoms with Gasteiger partial charge in [0.1, 0.15) is 5.75 Å². The van der Waals surface area contributed by atoms with Gasteiger partial charge in [0.2, 0.25) is 0 Å². The minimum Gasteiger partial charge on any atom is -0.494 e. The molecule has 0 bridgehead atoms. The summed E-state index contributed by atoms with van der Waals surface area (Å²) in [5, 5.41) is 8.62. The molecule has 0 aromatic carbocycles. The molecule has 0 atom stereocenters. The molecule has 1 aromatic heterocycles. The van der Waals surface area contributed by atoms with E-state index in [0.717, 1.165) is 0 Å². The van der Waals surface area contributed by atoms with E-state index in [4.69, 9.17) is 9.84 Å². The van der Waals surface area contributed by atoms with E-state index in [1.807, 2.05) is 0 Å². The van der Waals surface area contributed by atoms with Gasteiger partial charge in [-0.05, 0) is 13.0 Å². The van der Waals surface area contributed by atoms with Gasteiger partial charge in [-0.2, -0.15) is 0 Å². The number of methoxy groups -OCH3 is 1. The van der Waals surface area contributed by atoms with Gasteiger partial charge in [-0.3, -0.25) is 9.78 Å². The van der Waals surface area contributed by atoms with Gasteiger partial charge < -0.3 is 9.84 Å². The Kier molecular flexibility index (Phi) is 3.76. The van der Waals surface area contributed by atoms with Crippen LogP contribution in [0.15, 0.2) is 6.07 Å². The molecule has 0 fully saturated rings. The van der Waals surface area contributed by atoms with Crippen molar-refractivity contribution in [2.24, 2.45) is 0 Å². The first-order chi connectivity index (χ1) is 7.45. The Morgan fingerprint density at radius 3 is 2.69 bits per heavy atom. The maximum atomic E-state index is 12.7. The first-order valence-corrected chi connectivity index (χ1v) is 4.50. The number of ether oxygens (including phenoxy) is 1. The van der Waals surface area contributed by atoms with Gasteiger partial charge in [-0.15, -0.1) is 0 Å². The summed E-state index contributed by atoms with van der Waals surface area (Å²) in [4.78, 5) is 14.4. The molecule has 0 amide bonds. The van der Waals surface area contributed by atoms with E-state index in [-0.39, 0.29) is 17.0 Å². The molecule has 6 heteroatoms. The van der Waals surface area contributed by atoms with Crippen LogP contribution in [0.25, 0.3) is 0 Å². The standard InChI is InChI=1S/C10H11F2NO3/c1-5-3-6(10(11)12)9(16-2)7(13-5)4-8(14)15/h3,10H,4H2,1-2H3,(H,14,15). The monoisotopic (exact) mass is 231 g/mol. The zero-order valence-electron chi connectivity index (χ0n) is 8.83. The molecular formula is C10H11F2NO3. The lowest BCUT2D eigenvalue weighted by Crippen LogP contribution is -2.08. The average Bonchev–Trinajstić information content (AvgIpc) is 2.15. The summed E-state index contributed by atoms with van der Waals surface area (Å²) in [7, 11) is 1.21. The SMILES string of the molecule is COc1c(C(F)F)cc(C)nc1CC(=O)O. The van der Waals surface area contributed by atoms with Crippen molar-refractivity contribution in [2.45, 2.75) is 19.8 Å². The average molecular weight is 231 g/mol. The number of carboxylic acids is 1. The van der Waals surface area contributed by atoms with Crippen LogP contribution in [-0.4, -0.2) is 23.2 Å². The lowest BCUT2D eigenvalue weighted by molar-refractivity contribution is -0.136. The van der Waals surface area contributed by atoms with Crippen LogP contribution in [0.4, 0.5) is 8.78 Å². The lowest BCUT2D eigenvalue weighted by atomic mass is 10.1. The van der Waals surface area contributed by atoms with Gasteiger partial charge >= 0.3 is 5.97 Å². The van der Waals surface area contributed by atoms with Crippen molar-refractivity contribution in [2.75, 3.05) is 7.11 Å². The van der Waals surface area contributed by atoms with Crippen molar-refractivity contribution in [1.82, 2.24) is 4.98 Å². The molecule has 1 rings (SSSR count). The molecule has 4 nitrogen and oxygen atoms in total. The largest absolute Gasteiger partial charge is 0.494 e. The van der Waals surface area contributed by atoms with Crippen molar-refractivity contribution >= 4 is 5.97 Å². The molecule has 1 heterocycles. The highest BCUT2D eigenvalue weighted by atomic mass is 19.3. The number of halogens is 2. The van der Waals surface area contributed by atoms with E-state index in [1.54, 1.807) is 0 Å². The minimum absolute atomic E-state index is 0.0188. The molecule has 1 N–H and O–H groups in total. The summed E-state index contributed by atoms with van der Waals surface area (Å²) in [6.45, 7) is 1.52. The summed E-state index contributed by atoms with van der Waals surface area (Å²) in [6.07, 6.45) is -3.16. The molecular weight excluding hydrogens is 220 g/mol. The fraction of sp³-hybridized carbons (Fsp3) is 0.400. The number of carboxylic acid groups (broad SMARTS) is 1. The molecule has 0 unspecified atom stereocenters. The number of pyridine rings is 1. The summed E-state index contributed by atoms with van der Waals surface area (Å²) >= 11 is 0. The summed E-state index contributed by atoms with van der Waals surface area (Å²) in [6, 6.07) is 1.19. The topological polar surface area (TPSA) is 59.4 Å². The van der Waals surface area contributed by atoms with Crippen LogP contribution >= 0.6 is 0 Å². The van der Waals surface area contributed by atoms with Crippen molar-refractivity contribution in [1.29, 1.82) is 0 Å². The van der Waals surface area contributed by atoms with Gasteiger partial charge in [-0.25, -0.2) is 8.78 Å². The highest BCUT2D eigenvalue weighted by molar-refractivity contribution is 5.71. The molecule has 0 aliphatic rings. The summed E-state index contributed by atoms with van der Waals surface area (Å²) < 4.78 is 30.1. The molecule has 0 saturated heterocycles. The number of hydrogen-bond acceptors (Lipinski definition) is 3. The number of alkyl halides is 2. The maximum absolute atomic E-state index is 12.7. The van der Waals surface area contributed by atoms with Gasteiger partial charge in [0.05, 0.1) is 24.8 Å². The first kappa shape index (κ1) is 12.4. The minimum atomic E-state index is -2.72. The van der Waals surface area contributed by atoms with Crippen LogP contribution in [0.2, 0.25) is 0 Å². The van der Waals surface area contributed by atoms with Crippen LogP contribution in [0.3, 0.4) is 0 Å². The van der Waals surface area contributed by atoms with Gasteiger partial charge in [0.25, 0.3) is 6.43 Å². The highest BCUT2D eigenvalue weighted by Gasteiger charge is 2.20. The Hall–Kier alpha value is -1.72. The number of hydrogen-bond donors (Lipinski definition) is 1. The molecule has 0 aliphatic carbocycles. The van der Waals surface area contributed by atoms with Crippen LogP contribution in [0, 0.1) is 6.92 Å². The normalized spacial score (nSPS) is 10.6. The van der Waals surface area contributed by atoms with E-state index in [2.05, 4.69) is 4.98 Å². The Labute approximate surface area is 90.9 Å². The van der Waals surface area contributed by atoms with E-state index in [1.165, 1.54) is 20.1 Å². The van der Waals surface area contributed by atoms with Gasteiger partial charge in [-0.1, -0.05) is 0 Å². The fourth-order valence-corrected chi connectivity index (χ4v) is 1.41. The second-order valence-electron chi connectivity index (χ2n) is 3.20. The number of aromatic nitrogens is 1. The number of carbonyl (C=O) groups is 1. The lowest BCUT2D eigenvalue weighted by Gasteiger charge is -2.12. The van der Waals surface area contributed by atoms with Crippen LogP contribution in [-0.2, 0) is 11.2 Å². The highest BCUT2D eigenvalue weighted by Crippen LogP contribution is 2.31. The predicted molar refractivity (Wildman–Crippen MR) is 51.8 cm³/mol. The van der Waals surface area contributed by atoms with E-state index >= 15 is 0 Å². The van der Waals surface area contributed by atoms with Crippen molar-refractivity contribution in [3.8, 4) is 5.75 Å². The smallest absolute Gasteiger partial charge is 0.309 e. The second kappa shape index (κ2) is 4.87. The number of aliphatic carboxylic acids is 1. The van der Waals surface area contributed by atoms with E-state index < -0.39 is 18.8 Å². The van der Waals surface area contributed by atoms with Crippen LogP contribution < -0.4 is 4.74 Å². The third-order valence-corrected chi connectivity index (χ3v) is 1.96. The summed E-state index contributed by atoms with van der Waals surface area (Å²) in [5.74, 6) is -1.29. The first-order valence-electron chi connectivity index (χ1n) is 4.50. The molecule has 0 radical (unpaired) electrons. The van der Waals surface area contributed by atoms with E-state index in [0.29, 0.717) is 5.69 Å². The van der Waals surface area contributed by atoms with Crippen molar-refractivity contribution in [3.05, 3.63) is 23.0 Å². The van der Waals surface area contributed by atoms with Crippen molar-refractivity contribution < 1.29 is 23.4 Å². The molecule has 0 spiro atoms. The van der Waals surface area contributed by atoms with Gasteiger partial charge in [0.15, 0.2) is 0 Å². The molecule has 0 aliphatic heterocycles. The third-order valence-electron chi connectivity index (χ3n) is 1.96. The Bertz CT molecular complexity index is 407. The zero-order valence-corrected chi connectivity index (χ0v) is 8.83. The Morgan fingerprint density at radius 2 is 2.25 bits per heavy atom. The number of rotatable bonds is 4. The molecule has 88 valence electrons.